The predicted molar refractivity (Wildman–Crippen MR) is 65.1 cm³/mol. The van der Waals surface area contributed by atoms with Gasteiger partial charge in [0.1, 0.15) is 0 Å². The third-order valence-corrected chi connectivity index (χ3v) is 2.30. The summed E-state index contributed by atoms with van der Waals surface area (Å²) in [5.41, 5.74) is 0.406. The molecule has 0 N–H and O–H groups in total. The van der Waals surface area contributed by atoms with Crippen molar-refractivity contribution in [3.05, 3.63) is 22.3 Å². The topological polar surface area (TPSA) is 54.8 Å². The Kier molecular flexibility index (Phi) is 4.42. The summed E-state index contributed by atoms with van der Waals surface area (Å²) in [6, 6.07) is 1.57. The highest BCUT2D eigenvalue weighted by Gasteiger charge is 2.11. The molecule has 0 aliphatic heterocycles. The highest BCUT2D eigenvalue weighted by atomic mass is 79.9. The predicted octanol–water partition coefficient (Wildman–Crippen LogP) is 1.85. The molecular formula is C10H12BrN3O2. The number of carbonyl (C=O) groups excluding carboxylic acids is 1. The molecule has 0 fully saturated rings. The first-order valence-electron chi connectivity index (χ1n) is 4.49. The van der Waals surface area contributed by atoms with Crippen LogP contribution in [0.1, 0.15) is 10.4 Å². The molecule has 0 amide bonds. The highest BCUT2D eigenvalue weighted by molar-refractivity contribution is 9.10. The van der Waals surface area contributed by atoms with Crippen molar-refractivity contribution in [2.45, 2.75) is 0 Å². The van der Waals surface area contributed by atoms with Gasteiger partial charge in [0, 0.05) is 20.3 Å². The minimum atomic E-state index is -0.421. The van der Waals surface area contributed by atoms with Crippen LogP contribution in [0.25, 0.3) is 0 Å². The minimum Gasteiger partial charge on any atom is -0.465 e. The molecular weight excluding hydrogens is 274 g/mol. The van der Waals surface area contributed by atoms with Gasteiger partial charge >= 0.3 is 5.97 Å². The van der Waals surface area contributed by atoms with Crippen molar-refractivity contribution in [1.82, 2.24) is 9.88 Å². The number of hydrogen-bond acceptors (Lipinski definition) is 4. The number of ether oxygens (including phenoxy) is 1. The van der Waals surface area contributed by atoms with E-state index >= 15 is 0 Å². The number of halogens is 1. The van der Waals surface area contributed by atoms with Crippen molar-refractivity contribution in [1.29, 1.82) is 0 Å². The average Bonchev–Trinajstić information content (AvgIpc) is 2.27. The Morgan fingerprint density at radius 1 is 1.62 bits per heavy atom. The Morgan fingerprint density at radius 2 is 2.31 bits per heavy atom. The monoisotopic (exact) mass is 285 g/mol. The van der Waals surface area contributed by atoms with Crippen LogP contribution in [-0.4, -0.2) is 43.4 Å². The van der Waals surface area contributed by atoms with Gasteiger partial charge < -0.3 is 9.64 Å². The van der Waals surface area contributed by atoms with Crippen LogP contribution in [0.2, 0.25) is 0 Å². The third kappa shape index (κ3) is 3.30. The number of aromatic nitrogens is 1. The lowest BCUT2D eigenvalue weighted by atomic mass is 10.2. The van der Waals surface area contributed by atoms with Crippen LogP contribution in [0, 0.1) is 0 Å². The molecule has 16 heavy (non-hydrogen) atoms. The van der Waals surface area contributed by atoms with Gasteiger partial charge in [-0.15, -0.1) is 0 Å². The van der Waals surface area contributed by atoms with E-state index in [-0.39, 0.29) is 0 Å². The lowest BCUT2D eigenvalue weighted by Crippen LogP contribution is -2.07. The molecule has 0 atom stereocenters. The summed E-state index contributed by atoms with van der Waals surface area (Å²) in [7, 11) is 5.03. The Morgan fingerprint density at radius 3 is 2.88 bits per heavy atom. The second-order valence-electron chi connectivity index (χ2n) is 3.22. The summed E-state index contributed by atoms with van der Waals surface area (Å²) in [6.07, 6.45) is 3.13. The minimum absolute atomic E-state index is 0.406. The molecule has 5 nitrogen and oxygen atoms in total. The van der Waals surface area contributed by atoms with Gasteiger partial charge in [-0.1, -0.05) is 0 Å². The van der Waals surface area contributed by atoms with E-state index in [0.717, 1.165) is 0 Å². The molecule has 0 spiro atoms. The molecule has 6 heteroatoms. The number of carbonyl (C=O) groups is 1. The number of methoxy groups -OCH3 is 1. The normalized spacial score (nSPS) is 10.5. The van der Waals surface area contributed by atoms with E-state index in [2.05, 4.69) is 30.6 Å². The largest absolute Gasteiger partial charge is 0.465 e. The summed E-state index contributed by atoms with van der Waals surface area (Å²) in [5, 5.41) is 0. The van der Waals surface area contributed by atoms with Crippen LogP contribution in [0.3, 0.4) is 0 Å². The molecule has 1 rings (SSSR count). The van der Waals surface area contributed by atoms with Crippen LogP contribution in [0.4, 0.5) is 5.82 Å². The highest BCUT2D eigenvalue weighted by Crippen LogP contribution is 2.20. The van der Waals surface area contributed by atoms with Gasteiger partial charge in [-0.3, -0.25) is 0 Å². The Hall–Kier alpha value is -1.43. The number of hydrogen-bond donors (Lipinski definition) is 0. The van der Waals surface area contributed by atoms with E-state index < -0.39 is 5.97 Å². The number of esters is 1. The fraction of sp³-hybridized carbons (Fsp3) is 0.300. The van der Waals surface area contributed by atoms with Crippen LogP contribution in [0.5, 0.6) is 0 Å². The lowest BCUT2D eigenvalue weighted by Gasteiger charge is -2.04. The molecule has 0 saturated heterocycles. The molecule has 1 heterocycles. The van der Waals surface area contributed by atoms with E-state index in [0.29, 0.717) is 15.9 Å². The molecule has 0 bridgehead atoms. The molecule has 0 radical (unpaired) electrons. The number of rotatable bonds is 3. The van der Waals surface area contributed by atoms with Crippen molar-refractivity contribution in [2.75, 3.05) is 21.2 Å². The van der Waals surface area contributed by atoms with E-state index in [4.69, 9.17) is 0 Å². The van der Waals surface area contributed by atoms with E-state index in [1.54, 1.807) is 17.3 Å². The molecule has 1 aromatic rings. The van der Waals surface area contributed by atoms with Gasteiger partial charge in [0.05, 0.1) is 23.5 Å². The average molecular weight is 286 g/mol. The first kappa shape index (κ1) is 12.6. The van der Waals surface area contributed by atoms with Crippen LogP contribution in [0.15, 0.2) is 21.7 Å². The summed E-state index contributed by atoms with van der Waals surface area (Å²) >= 11 is 3.23. The zero-order valence-electron chi connectivity index (χ0n) is 9.27. The second-order valence-corrected chi connectivity index (χ2v) is 4.08. The second kappa shape index (κ2) is 5.60. The number of aliphatic imine (C=N–C) groups is 1. The maximum absolute atomic E-state index is 11.4. The number of pyridine rings is 1. The van der Waals surface area contributed by atoms with Crippen molar-refractivity contribution in [3.63, 3.8) is 0 Å². The van der Waals surface area contributed by atoms with E-state index in [9.17, 15) is 4.79 Å². The summed E-state index contributed by atoms with van der Waals surface area (Å²) in [5.74, 6) is 0.0351. The zero-order chi connectivity index (χ0) is 12.1. The van der Waals surface area contributed by atoms with Gasteiger partial charge in [0.15, 0.2) is 5.82 Å². The quantitative estimate of drug-likeness (QED) is 0.483. The van der Waals surface area contributed by atoms with Gasteiger partial charge in [-0.25, -0.2) is 14.8 Å². The summed E-state index contributed by atoms with van der Waals surface area (Å²) in [6.45, 7) is 0. The van der Waals surface area contributed by atoms with Crippen LogP contribution in [-0.2, 0) is 4.74 Å². The van der Waals surface area contributed by atoms with E-state index in [1.807, 2.05) is 14.1 Å². The first-order valence-corrected chi connectivity index (χ1v) is 5.28. The third-order valence-electron chi connectivity index (χ3n) is 1.67. The van der Waals surface area contributed by atoms with Gasteiger partial charge in [-0.05, 0) is 22.0 Å². The maximum atomic E-state index is 11.4. The Labute approximate surface area is 102 Å². The van der Waals surface area contributed by atoms with Crippen molar-refractivity contribution in [2.24, 2.45) is 4.99 Å². The molecule has 0 unspecified atom stereocenters. The zero-order valence-corrected chi connectivity index (χ0v) is 10.9. The van der Waals surface area contributed by atoms with Crippen molar-refractivity contribution < 1.29 is 9.53 Å². The fourth-order valence-corrected chi connectivity index (χ4v) is 1.32. The molecule has 86 valence electrons. The van der Waals surface area contributed by atoms with Gasteiger partial charge in [0.25, 0.3) is 0 Å². The molecule has 0 aliphatic rings. The molecule has 0 saturated carbocycles. The molecule has 1 aromatic heterocycles. The van der Waals surface area contributed by atoms with Crippen LogP contribution < -0.4 is 0 Å². The summed E-state index contributed by atoms with van der Waals surface area (Å²) in [4.78, 5) is 21.3. The molecule has 0 aromatic carbocycles. The summed E-state index contributed by atoms with van der Waals surface area (Å²) < 4.78 is 5.22. The fourth-order valence-electron chi connectivity index (χ4n) is 0.939. The van der Waals surface area contributed by atoms with Crippen molar-refractivity contribution in [3.8, 4) is 0 Å². The Bertz CT molecular complexity index is 419. The maximum Gasteiger partial charge on any atom is 0.339 e. The SMILES string of the molecule is COC(=O)c1cc(/N=C/N(C)C)ncc1Br. The lowest BCUT2D eigenvalue weighted by molar-refractivity contribution is 0.0599. The first-order chi connectivity index (χ1) is 7.54. The number of nitrogens with zero attached hydrogens (tertiary/aromatic N) is 3. The smallest absolute Gasteiger partial charge is 0.339 e. The Balaban J connectivity index is 3.03. The standard InChI is InChI=1S/C10H12BrN3O2/c1-14(2)6-13-9-4-7(10(15)16-3)8(11)5-12-9/h4-6H,1-3H3/b13-6+. The van der Waals surface area contributed by atoms with Crippen LogP contribution >= 0.6 is 15.9 Å². The molecule has 0 aliphatic carbocycles. The van der Waals surface area contributed by atoms with Crippen molar-refractivity contribution >= 4 is 34.1 Å². The van der Waals surface area contributed by atoms with Gasteiger partial charge in [-0.2, -0.15) is 0 Å². The van der Waals surface area contributed by atoms with Gasteiger partial charge in [0.2, 0.25) is 0 Å². The van der Waals surface area contributed by atoms with E-state index in [1.165, 1.54) is 13.3 Å².